The van der Waals surface area contributed by atoms with Crippen molar-refractivity contribution in [3.05, 3.63) is 103 Å². The molecule has 268 valence electrons. The number of benzene rings is 2. The van der Waals surface area contributed by atoms with Crippen molar-refractivity contribution in [2.24, 2.45) is 5.73 Å². The van der Waals surface area contributed by atoms with E-state index in [0.29, 0.717) is 27.7 Å². The molecule has 0 atom stereocenters. The molecule has 0 aliphatic heterocycles. The van der Waals surface area contributed by atoms with Crippen LogP contribution in [0.4, 0.5) is 0 Å². The fraction of sp³-hybridized carbons (Fsp3) is 0.278. The van der Waals surface area contributed by atoms with Crippen molar-refractivity contribution < 1.29 is 33.8 Å². The van der Waals surface area contributed by atoms with Crippen LogP contribution >= 0.6 is 22.7 Å². The first-order chi connectivity index (χ1) is 24.4. The van der Waals surface area contributed by atoms with E-state index in [2.05, 4.69) is 30.4 Å². The second kappa shape index (κ2) is 17.5. The SMILES string of the molecule is COC(=O)c1sc(C(=O)NCc2cccc3[nH]ncc23)cc1C(C)C.COC(=O)c1sc(C(=O)O)cc1C(C)C.NCc1cccc2[nH]ncc12. The minimum absolute atomic E-state index is 0.100. The average Bonchev–Trinajstić information content (AvgIpc) is 3.95. The summed E-state index contributed by atoms with van der Waals surface area (Å²) >= 11 is 2.12. The molecular formula is C36H40N6O7S2. The lowest BCUT2D eigenvalue weighted by molar-refractivity contribution is 0.0595. The minimum atomic E-state index is -1.02. The molecule has 4 aromatic heterocycles. The number of aromatic carboxylic acids is 1. The molecule has 15 heteroatoms. The zero-order chi connectivity index (χ0) is 37.2. The lowest BCUT2D eigenvalue weighted by Crippen LogP contribution is -2.21. The second-order valence-corrected chi connectivity index (χ2v) is 13.9. The number of hydrogen-bond donors (Lipinski definition) is 5. The van der Waals surface area contributed by atoms with Crippen LogP contribution in [0.1, 0.15) is 100 Å². The van der Waals surface area contributed by atoms with E-state index in [1.165, 1.54) is 20.3 Å². The number of amides is 1. The van der Waals surface area contributed by atoms with Crippen LogP contribution < -0.4 is 11.1 Å². The summed E-state index contributed by atoms with van der Waals surface area (Å²) in [6.07, 6.45) is 3.55. The largest absolute Gasteiger partial charge is 0.477 e. The molecule has 51 heavy (non-hydrogen) atoms. The summed E-state index contributed by atoms with van der Waals surface area (Å²) in [4.78, 5) is 48.1. The summed E-state index contributed by atoms with van der Waals surface area (Å²) in [5.74, 6) is -1.87. The Kier molecular flexibility index (Phi) is 13.2. The number of nitrogens with two attached hydrogens (primary N) is 1. The number of rotatable bonds is 9. The Labute approximate surface area is 302 Å². The van der Waals surface area contributed by atoms with Gasteiger partial charge in [0.25, 0.3) is 5.91 Å². The minimum Gasteiger partial charge on any atom is -0.477 e. The monoisotopic (exact) mass is 732 g/mol. The Bertz CT molecular complexity index is 2140. The van der Waals surface area contributed by atoms with Crippen LogP contribution in [-0.4, -0.2) is 63.5 Å². The van der Waals surface area contributed by atoms with Crippen molar-refractivity contribution in [2.75, 3.05) is 14.2 Å². The van der Waals surface area contributed by atoms with E-state index in [-0.39, 0.29) is 22.6 Å². The normalized spacial score (nSPS) is 10.8. The maximum absolute atomic E-state index is 12.5. The van der Waals surface area contributed by atoms with Crippen LogP contribution in [0.5, 0.6) is 0 Å². The third-order valence-corrected chi connectivity index (χ3v) is 10.00. The third kappa shape index (κ3) is 9.25. The maximum Gasteiger partial charge on any atom is 0.348 e. The number of fused-ring (bicyclic) bond motifs is 2. The van der Waals surface area contributed by atoms with Gasteiger partial charge in [-0.2, -0.15) is 10.2 Å². The smallest absolute Gasteiger partial charge is 0.348 e. The number of hydrogen-bond acceptors (Lipinski definition) is 11. The van der Waals surface area contributed by atoms with Gasteiger partial charge in [0.2, 0.25) is 0 Å². The van der Waals surface area contributed by atoms with E-state index < -0.39 is 17.9 Å². The van der Waals surface area contributed by atoms with E-state index in [1.807, 2.05) is 64.1 Å². The predicted octanol–water partition coefficient (Wildman–Crippen LogP) is 6.84. The molecule has 0 radical (unpaired) electrons. The number of aromatic nitrogens is 4. The highest BCUT2D eigenvalue weighted by Crippen LogP contribution is 2.30. The summed E-state index contributed by atoms with van der Waals surface area (Å²) in [5.41, 5.74) is 11.2. The van der Waals surface area contributed by atoms with Gasteiger partial charge in [-0.25, -0.2) is 14.4 Å². The first-order valence-corrected chi connectivity index (χ1v) is 17.5. The number of aromatic amines is 2. The average molecular weight is 733 g/mol. The van der Waals surface area contributed by atoms with Gasteiger partial charge < -0.3 is 25.6 Å². The third-order valence-electron chi connectivity index (χ3n) is 7.75. The van der Waals surface area contributed by atoms with Gasteiger partial charge in [0.15, 0.2) is 0 Å². The molecule has 0 saturated heterocycles. The molecule has 6 N–H and O–H groups in total. The summed E-state index contributed by atoms with van der Waals surface area (Å²) in [6.45, 7) is 8.72. The van der Waals surface area contributed by atoms with Gasteiger partial charge in [0.1, 0.15) is 14.6 Å². The molecule has 0 bridgehead atoms. The standard InChI is InChI=1S/C18H19N3O3S.C10H12O4S.C8H9N3/c1-10(2)12-7-15(25-16(12)18(23)24-3)17(22)19-8-11-5-4-6-14-13(11)9-20-21-14;1-5(2)6-4-7(9(11)12)15-8(6)10(13)14-3;9-4-6-2-1-3-8-7(6)5-10-11-8/h4-7,9-10H,8H2,1-3H3,(H,19,22)(H,20,21);4-5H,1-3H3,(H,11,12);1-3,5H,4,9H2,(H,10,11). The summed E-state index contributed by atoms with van der Waals surface area (Å²) in [5, 5.41) is 27.6. The summed E-state index contributed by atoms with van der Waals surface area (Å²) < 4.78 is 9.42. The van der Waals surface area contributed by atoms with Gasteiger partial charge in [-0.15, -0.1) is 22.7 Å². The zero-order valence-corrected chi connectivity index (χ0v) is 30.7. The quantitative estimate of drug-likeness (QED) is 0.0980. The van der Waals surface area contributed by atoms with Crippen LogP contribution in [0.25, 0.3) is 21.8 Å². The molecule has 0 fully saturated rings. The fourth-order valence-electron chi connectivity index (χ4n) is 5.04. The number of nitrogens with zero attached hydrogens (tertiary/aromatic N) is 2. The molecular weight excluding hydrogens is 693 g/mol. The van der Waals surface area contributed by atoms with Crippen molar-refractivity contribution in [2.45, 2.75) is 52.6 Å². The van der Waals surface area contributed by atoms with Crippen molar-refractivity contribution in [1.82, 2.24) is 25.7 Å². The Morgan fingerprint density at radius 3 is 1.73 bits per heavy atom. The van der Waals surface area contributed by atoms with Crippen LogP contribution in [0.3, 0.4) is 0 Å². The number of methoxy groups -OCH3 is 2. The number of thiophene rings is 2. The Morgan fingerprint density at radius 2 is 1.25 bits per heavy atom. The highest BCUT2D eigenvalue weighted by atomic mass is 32.1. The first-order valence-electron chi connectivity index (χ1n) is 15.9. The molecule has 0 saturated carbocycles. The number of ether oxygens (including phenoxy) is 2. The molecule has 0 aliphatic rings. The highest BCUT2D eigenvalue weighted by molar-refractivity contribution is 7.16. The molecule has 13 nitrogen and oxygen atoms in total. The van der Waals surface area contributed by atoms with E-state index >= 15 is 0 Å². The van der Waals surface area contributed by atoms with Gasteiger partial charge in [-0.3, -0.25) is 15.0 Å². The highest BCUT2D eigenvalue weighted by Gasteiger charge is 2.23. The maximum atomic E-state index is 12.5. The van der Waals surface area contributed by atoms with Crippen molar-refractivity contribution in [3.63, 3.8) is 0 Å². The molecule has 0 aliphatic carbocycles. The van der Waals surface area contributed by atoms with Crippen molar-refractivity contribution in [3.8, 4) is 0 Å². The van der Waals surface area contributed by atoms with Gasteiger partial charge in [0, 0.05) is 23.9 Å². The predicted molar refractivity (Wildman–Crippen MR) is 198 cm³/mol. The topological polar surface area (TPSA) is 202 Å². The Balaban J connectivity index is 0.000000190. The van der Waals surface area contributed by atoms with Gasteiger partial charge in [-0.05, 0) is 58.4 Å². The lowest BCUT2D eigenvalue weighted by Gasteiger charge is -2.05. The molecule has 1 amide bonds. The van der Waals surface area contributed by atoms with Crippen molar-refractivity contribution >= 4 is 68.3 Å². The number of carbonyl (C=O) groups is 4. The number of nitrogens with one attached hydrogen (secondary N) is 3. The molecule has 4 heterocycles. The number of H-pyrrole nitrogens is 2. The summed E-state index contributed by atoms with van der Waals surface area (Å²) in [6, 6.07) is 15.1. The number of carboxylic acids is 1. The molecule has 0 spiro atoms. The fourth-order valence-corrected chi connectivity index (χ4v) is 7.27. The summed E-state index contributed by atoms with van der Waals surface area (Å²) in [7, 11) is 2.63. The van der Waals surface area contributed by atoms with Gasteiger partial charge in [0.05, 0.1) is 42.5 Å². The van der Waals surface area contributed by atoms with Crippen molar-refractivity contribution in [1.29, 1.82) is 0 Å². The van der Waals surface area contributed by atoms with Gasteiger partial charge in [-0.1, -0.05) is 52.0 Å². The van der Waals surface area contributed by atoms with Crippen LogP contribution in [0.2, 0.25) is 0 Å². The molecule has 6 rings (SSSR count). The molecule has 0 unspecified atom stereocenters. The number of carboxylic acid groups (broad SMARTS) is 1. The zero-order valence-electron chi connectivity index (χ0n) is 29.0. The van der Waals surface area contributed by atoms with E-state index in [1.54, 1.807) is 18.5 Å². The lowest BCUT2D eigenvalue weighted by atomic mass is 10.0. The van der Waals surface area contributed by atoms with Gasteiger partial charge >= 0.3 is 17.9 Å². The van der Waals surface area contributed by atoms with Crippen LogP contribution in [-0.2, 0) is 22.6 Å². The van der Waals surface area contributed by atoms with E-state index in [9.17, 15) is 19.2 Å². The first kappa shape index (κ1) is 38.4. The number of esters is 2. The molecule has 2 aromatic carbocycles. The molecule has 6 aromatic rings. The number of carbonyl (C=O) groups excluding carboxylic acids is 3. The van der Waals surface area contributed by atoms with E-state index in [4.69, 9.17) is 15.6 Å². The Morgan fingerprint density at radius 1 is 0.784 bits per heavy atom. The van der Waals surface area contributed by atoms with Crippen LogP contribution in [0.15, 0.2) is 60.9 Å². The second-order valence-electron chi connectivity index (χ2n) is 11.8. The van der Waals surface area contributed by atoms with Crippen LogP contribution in [0, 0.1) is 0 Å². The Hall–Kier alpha value is -5.38. The van der Waals surface area contributed by atoms with E-state index in [0.717, 1.165) is 66.7 Å².